The molecule has 1 aliphatic carbocycles. The third-order valence-electron chi connectivity index (χ3n) is 3.08. The van der Waals surface area contributed by atoms with Crippen LogP contribution in [0, 0.1) is 18.8 Å². The van der Waals surface area contributed by atoms with Crippen molar-refractivity contribution in [2.75, 3.05) is 13.6 Å². The molecule has 0 aromatic carbocycles. The highest BCUT2D eigenvalue weighted by Crippen LogP contribution is 2.43. The first-order valence-electron chi connectivity index (χ1n) is 5.32. The van der Waals surface area contributed by atoms with Crippen molar-refractivity contribution in [3.05, 3.63) is 17.5 Å². The summed E-state index contributed by atoms with van der Waals surface area (Å²) in [5, 5.41) is 4.34. The SMILES string of the molecule is Cc1cc(CN(C)CC2C(C)C2Cl)no1. The number of aromatic nitrogens is 1. The van der Waals surface area contributed by atoms with Gasteiger partial charge in [-0.1, -0.05) is 12.1 Å². The minimum atomic E-state index is 0.367. The Hall–Kier alpha value is -0.540. The second-order valence-corrected chi connectivity index (χ2v) is 5.10. The molecule has 1 saturated carbocycles. The van der Waals surface area contributed by atoms with E-state index in [1.807, 2.05) is 13.0 Å². The number of aryl methyl sites for hydroxylation is 1. The highest BCUT2D eigenvalue weighted by atomic mass is 35.5. The number of alkyl halides is 1. The molecule has 0 spiro atoms. The molecular weight excluding hydrogens is 212 g/mol. The van der Waals surface area contributed by atoms with Gasteiger partial charge in [0.15, 0.2) is 0 Å². The molecule has 4 heteroatoms. The van der Waals surface area contributed by atoms with Crippen molar-refractivity contribution in [2.45, 2.75) is 25.8 Å². The summed E-state index contributed by atoms with van der Waals surface area (Å²) in [7, 11) is 2.10. The van der Waals surface area contributed by atoms with E-state index in [0.29, 0.717) is 17.2 Å². The first-order valence-corrected chi connectivity index (χ1v) is 5.76. The topological polar surface area (TPSA) is 29.3 Å². The molecule has 0 saturated heterocycles. The summed E-state index contributed by atoms with van der Waals surface area (Å²) in [6.07, 6.45) is 0. The lowest BCUT2D eigenvalue weighted by Gasteiger charge is -2.14. The first-order chi connectivity index (χ1) is 7.08. The fourth-order valence-corrected chi connectivity index (χ4v) is 2.36. The Kier molecular flexibility index (Phi) is 3.03. The van der Waals surface area contributed by atoms with Crippen LogP contribution in [0.4, 0.5) is 0 Å². The van der Waals surface area contributed by atoms with Crippen LogP contribution in [0.5, 0.6) is 0 Å². The summed E-state index contributed by atoms with van der Waals surface area (Å²) in [6.45, 7) is 6.00. The average Bonchev–Trinajstić information content (AvgIpc) is 2.62. The summed E-state index contributed by atoms with van der Waals surface area (Å²) >= 11 is 6.09. The molecule has 15 heavy (non-hydrogen) atoms. The minimum Gasteiger partial charge on any atom is -0.361 e. The Morgan fingerprint density at radius 3 is 2.73 bits per heavy atom. The predicted molar refractivity (Wildman–Crippen MR) is 59.9 cm³/mol. The van der Waals surface area contributed by atoms with Crippen molar-refractivity contribution in [1.29, 1.82) is 0 Å². The van der Waals surface area contributed by atoms with E-state index in [9.17, 15) is 0 Å². The lowest BCUT2D eigenvalue weighted by molar-refractivity contribution is 0.293. The Balaban J connectivity index is 1.80. The van der Waals surface area contributed by atoms with Crippen molar-refractivity contribution in [1.82, 2.24) is 10.1 Å². The number of nitrogens with zero attached hydrogens (tertiary/aromatic N) is 2. The van der Waals surface area contributed by atoms with Gasteiger partial charge in [0, 0.05) is 24.5 Å². The third-order valence-corrected chi connectivity index (χ3v) is 3.80. The van der Waals surface area contributed by atoms with Crippen LogP contribution in [0.1, 0.15) is 18.4 Å². The molecular formula is C11H17ClN2O. The van der Waals surface area contributed by atoms with Crippen molar-refractivity contribution in [3.8, 4) is 0 Å². The molecule has 1 aromatic heterocycles. The van der Waals surface area contributed by atoms with E-state index in [-0.39, 0.29) is 0 Å². The number of halogens is 1. The van der Waals surface area contributed by atoms with Gasteiger partial charge >= 0.3 is 0 Å². The van der Waals surface area contributed by atoms with Crippen LogP contribution in [-0.4, -0.2) is 29.0 Å². The largest absolute Gasteiger partial charge is 0.361 e. The zero-order valence-corrected chi connectivity index (χ0v) is 10.2. The van der Waals surface area contributed by atoms with Gasteiger partial charge in [0.1, 0.15) is 5.76 Å². The fourth-order valence-electron chi connectivity index (χ4n) is 1.95. The maximum atomic E-state index is 6.09. The van der Waals surface area contributed by atoms with E-state index in [1.165, 1.54) is 0 Å². The van der Waals surface area contributed by atoms with Crippen LogP contribution in [0.3, 0.4) is 0 Å². The smallest absolute Gasteiger partial charge is 0.133 e. The Bertz CT molecular complexity index is 331. The van der Waals surface area contributed by atoms with E-state index in [4.69, 9.17) is 16.1 Å². The molecule has 84 valence electrons. The average molecular weight is 229 g/mol. The highest BCUT2D eigenvalue weighted by molar-refractivity contribution is 6.23. The van der Waals surface area contributed by atoms with Crippen LogP contribution in [0.2, 0.25) is 0 Å². The molecule has 0 aliphatic heterocycles. The van der Waals surface area contributed by atoms with Crippen molar-refractivity contribution < 1.29 is 4.52 Å². The van der Waals surface area contributed by atoms with Gasteiger partial charge in [-0.2, -0.15) is 0 Å². The van der Waals surface area contributed by atoms with E-state index in [1.54, 1.807) is 0 Å². The van der Waals surface area contributed by atoms with Gasteiger partial charge in [0.05, 0.1) is 5.69 Å². The molecule has 3 atom stereocenters. The van der Waals surface area contributed by atoms with E-state index in [2.05, 4.69) is 24.0 Å². The van der Waals surface area contributed by atoms with Crippen molar-refractivity contribution >= 4 is 11.6 Å². The van der Waals surface area contributed by atoms with Crippen molar-refractivity contribution in [2.24, 2.45) is 11.8 Å². The maximum absolute atomic E-state index is 6.09. The Morgan fingerprint density at radius 1 is 1.60 bits per heavy atom. The van der Waals surface area contributed by atoms with Gasteiger partial charge in [0.25, 0.3) is 0 Å². The molecule has 3 nitrogen and oxygen atoms in total. The Labute approximate surface area is 95.4 Å². The van der Waals surface area contributed by atoms with Gasteiger partial charge in [-0.25, -0.2) is 0 Å². The van der Waals surface area contributed by atoms with Gasteiger partial charge < -0.3 is 9.42 Å². The van der Waals surface area contributed by atoms with Gasteiger partial charge in [0.2, 0.25) is 0 Å². The molecule has 1 aromatic rings. The summed E-state index contributed by atoms with van der Waals surface area (Å²) in [5.41, 5.74) is 0.995. The molecule has 0 bridgehead atoms. The molecule has 0 N–H and O–H groups in total. The van der Waals surface area contributed by atoms with Gasteiger partial charge in [-0.15, -0.1) is 11.6 Å². The third kappa shape index (κ3) is 2.52. The molecule has 0 radical (unpaired) electrons. The second kappa shape index (κ2) is 4.14. The Morgan fingerprint density at radius 2 is 2.27 bits per heavy atom. The van der Waals surface area contributed by atoms with Crippen LogP contribution in [0.25, 0.3) is 0 Å². The maximum Gasteiger partial charge on any atom is 0.133 e. The van der Waals surface area contributed by atoms with E-state index >= 15 is 0 Å². The number of hydrogen-bond acceptors (Lipinski definition) is 3. The molecule has 1 heterocycles. The molecule has 1 aliphatic rings. The van der Waals surface area contributed by atoms with Crippen LogP contribution >= 0.6 is 11.6 Å². The molecule has 0 amide bonds. The van der Waals surface area contributed by atoms with Crippen LogP contribution in [0.15, 0.2) is 10.6 Å². The first kappa shape index (κ1) is 11.0. The second-order valence-electron chi connectivity index (χ2n) is 4.59. The predicted octanol–water partition coefficient (Wildman–Crippen LogP) is 2.29. The highest BCUT2D eigenvalue weighted by Gasteiger charge is 2.45. The summed E-state index contributed by atoms with van der Waals surface area (Å²) in [4.78, 5) is 2.25. The van der Waals surface area contributed by atoms with E-state index in [0.717, 1.165) is 24.5 Å². The van der Waals surface area contributed by atoms with Gasteiger partial charge in [-0.05, 0) is 25.8 Å². The number of rotatable bonds is 4. The monoisotopic (exact) mass is 228 g/mol. The molecule has 1 fully saturated rings. The number of hydrogen-bond donors (Lipinski definition) is 0. The lowest BCUT2D eigenvalue weighted by atomic mass is 10.3. The van der Waals surface area contributed by atoms with E-state index < -0.39 is 0 Å². The zero-order valence-electron chi connectivity index (χ0n) is 9.40. The summed E-state index contributed by atoms with van der Waals surface area (Å²) in [6, 6.07) is 1.98. The normalized spacial score (nSPS) is 29.8. The van der Waals surface area contributed by atoms with Crippen molar-refractivity contribution in [3.63, 3.8) is 0 Å². The fraction of sp³-hybridized carbons (Fsp3) is 0.727. The van der Waals surface area contributed by atoms with Gasteiger partial charge in [-0.3, -0.25) is 0 Å². The standard InChI is InChI=1S/C11H17ClN2O/c1-7-4-9(13-15-7)5-14(3)6-10-8(2)11(10)12/h4,8,10-11H,5-6H2,1-3H3. The van der Waals surface area contributed by atoms with Crippen LogP contribution in [-0.2, 0) is 6.54 Å². The minimum absolute atomic E-state index is 0.367. The molecule has 2 rings (SSSR count). The summed E-state index contributed by atoms with van der Waals surface area (Å²) < 4.78 is 5.03. The quantitative estimate of drug-likeness (QED) is 0.741. The zero-order chi connectivity index (χ0) is 11.0. The molecule has 3 unspecified atom stereocenters. The lowest BCUT2D eigenvalue weighted by Crippen LogP contribution is -2.21. The van der Waals surface area contributed by atoms with Crippen LogP contribution < -0.4 is 0 Å². The summed E-state index contributed by atoms with van der Waals surface area (Å²) in [5.74, 6) is 2.17.